The lowest BCUT2D eigenvalue weighted by atomic mass is 10.0. The summed E-state index contributed by atoms with van der Waals surface area (Å²) in [6.45, 7) is 15.7. The molecule has 92 heavy (non-hydrogen) atoms. The van der Waals surface area contributed by atoms with Gasteiger partial charge in [-0.15, -0.1) is 0 Å². The zero-order valence-electron chi connectivity index (χ0n) is 52.4. The lowest BCUT2D eigenvalue weighted by Crippen LogP contribution is -2.54. The van der Waals surface area contributed by atoms with E-state index in [0.29, 0.717) is 23.3 Å². The number of nitrogens with two attached hydrogens (primary N) is 3. The van der Waals surface area contributed by atoms with E-state index in [1.54, 1.807) is 13.8 Å². The molecule has 3 rings (SSSR count). The maximum absolute atomic E-state index is 13.4. The molecule has 542 valence electrons. The van der Waals surface area contributed by atoms with Crippen molar-refractivity contribution in [3.63, 3.8) is 0 Å². The van der Waals surface area contributed by atoms with E-state index >= 15 is 0 Å². The molecule has 1 fully saturated rings. The van der Waals surface area contributed by atoms with Crippen LogP contribution in [0.5, 0.6) is 0 Å². The highest BCUT2D eigenvalue weighted by atomic mass is 32.2. The van der Waals surface area contributed by atoms with Crippen LogP contribution < -0.4 is 36.1 Å². The quantitative estimate of drug-likeness (QED) is 0.0292. The van der Waals surface area contributed by atoms with Crippen LogP contribution in [-0.4, -0.2) is 164 Å². The first-order valence-corrected chi connectivity index (χ1v) is 35.4. The zero-order chi connectivity index (χ0) is 72.5. The minimum Gasteiger partial charge on any atom is -0.395 e. The average Bonchev–Trinajstić information content (AvgIpc) is 1.61. The van der Waals surface area contributed by atoms with E-state index < -0.39 is 171 Å². The Morgan fingerprint density at radius 1 is 0.457 bits per heavy atom. The van der Waals surface area contributed by atoms with Gasteiger partial charge in [-0.2, -0.15) is 70.2 Å². The molecule has 0 aliphatic carbocycles. The number of halogens is 15. The number of sulfonamides is 5. The van der Waals surface area contributed by atoms with Crippen molar-refractivity contribution in [3.8, 4) is 0 Å². The summed E-state index contributed by atoms with van der Waals surface area (Å²) in [5.74, 6) is -3.32. The number of rotatable bonds is 30. The minimum absolute atomic E-state index is 0.0144. The second-order valence-corrected chi connectivity index (χ2v) is 32.2. The molecule has 1 aliphatic rings. The van der Waals surface area contributed by atoms with Crippen molar-refractivity contribution >= 4 is 50.1 Å². The van der Waals surface area contributed by atoms with Gasteiger partial charge in [-0.05, 0) is 57.8 Å². The van der Waals surface area contributed by atoms with Crippen molar-refractivity contribution in [2.75, 3.05) is 39.3 Å². The van der Waals surface area contributed by atoms with Gasteiger partial charge in [0.15, 0.2) is 0 Å². The highest BCUT2D eigenvalue weighted by Crippen LogP contribution is 2.37. The third-order valence-electron chi connectivity index (χ3n) is 13.8. The SMILES string of the molecule is CC(C)[C@H](CN(Cc1cccc(CN(C[C@@H](NS(=O)(=O)C(F)(F)F)C(C)C)C[C@@H](NS(=O)(=O)C(F)(F)F)C(C)C)c1)C[C@@H](NS(=O)(=O)C(F)(F)F)C(C)C)NS(=O)(=O)C(F)(F)F.CC(C)[C@H](N)CO.CC(C)[C@H]1CN1S(=O)(=O)C(F)(F)F.NCc1cccc(CN)c1. The second-order valence-electron chi connectivity index (χ2n) is 23.5. The Labute approximate surface area is 529 Å². The largest absolute Gasteiger partial charge is 0.511 e. The van der Waals surface area contributed by atoms with Gasteiger partial charge in [0.1, 0.15) is 0 Å². The van der Waals surface area contributed by atoms with Crippen LogP contribution in [0.25, 0.3) is 0 Å². The summed E-state index contributed by atoms with van der Waals surface area (Å²) in [6.07, 6.45) is 0. The molecular weight excluding hydrogens is 1370 g/mol. The first-order chi connectivity index (χ1) is 41.3. The molecule has 11 N–H and O–H groups in total. The predicted molar refractivity (Wildman–Crippen MR) is 316 cm³/mol. The smallest absolute Gasteiger partial charge is 0.395 e. The number of aliphatic hydroxyl groups excluding tert-OH is 1. The van der Waals surface area contributed by atoms with Crippen molar-refractivity contribution in [3.05, 3.63) is 70.8 Å². The number of hydrogen-bond acceptors (Lipinski definition) is 16. The van der Waals surface area contributed by atoms with Crippen LogP contribution >= 0.6 is 0 Å². The molecule has 0 radical (unpaired) electrons. The molecule has 2 aromatic carbocycles. The van der Waals surface area contributed by atoms with Crippen LogP contribution in [0.3, 0.4) is 0 Å². The zero-order valence-corrected chi connectivity index (χ0v) is 56.5. The topological polar surface area (TPSA) is 327 Å². The van der Waals surface area contributed by atoms with E-state index in [2.05, 4.69) is 0 Å². The summed E-state index contributed by atoms with van der Waals surface area (Å²) in [7, 11) is -29.1. The molecule has 2 aromatic rings. The average molecular weight is 1460 g/mol. The second kappa shape index (κ2) is 35.8. The van der Waals surface area contributed by atoms with Gasteiger partial charge in [0, 0.05) is 95.2 Å². The monoisotopic (exact) mass is 1460 g/mol. The lowest BCUT2D eigenvalue weighted by molar-refractivity contribution is -0.0472. The number of aliphatic hydroxyl groups is 1. The predicted octanol–water partition coefficient (Wildman–Crippen LogP) is 6.89. The van der Waals surface area contributed by atoms with Crippen LogP contribution in [0.15, 0.2) is 48.5 Å². The van der Waals surface area contributed by atoms with Crippen molar-refractivity contribution in [1.29, 1.82) is 0 Å². The fourth-order valence-corrected chi connectivity index (χ4v) is 12.4. The first kappa shape index (κ1) is 88.7. The van der Waals surface area contributed by atoms with Gasteiger partial charge >= 0.3 is 77.7 Å². The normalized spacial score (nSPS) is 17.5. The molecule has 1 heterocycles. The van der Waals surface area contributed by atoms with Gasteiger partial charge in [0.2, 0.25) is 0 Å². The Bertz CT molecular complexity index is 2860. The highest BCUT2D eigenvalue weighted by Gasteiger charge is 2.59. The summed E-state index contributed by atoms with van der Waals surface area (Å²) >= 11 is 0. The number of alkyl halides is 15. The van der Waals surface area contributed by atoms with Gasteiger partial charge in [-0.1, -0.05) is 132 Å². The van der Waals surface area contributed by atoms with E-state index in [4.69, 9.17) is 22.3 Å². The van der Waals surface area contributed by atoms with E-state index in [0.717, 1.165) is 20.9 Å². The summed E-state index contributed by atoms with van der Waals surface area (Å²) in [4.78, 5) is 2.32. The van der Waals surface area contributed by atoms with Crippen molar-refractivity contribution < 1.29 is 113 Å². The van der Waals surface area contributed by atoms with Gasteiger partial charge < -0.3 is 22.3 Å². The van der Waals surface area contributed by atoms with Crippen molar-refractivity contribution in [2.45, 2.75) is 173 Å². The van der Waals surface area contributed by atoms with Gasteiger partial charge in [-0.25, -0.2) is 61.0 Å². The fraction of sp³-hybridized carbons (Fsp3) is 0.765. The van der Waals surface area contributed by atoms with E-state index in [1.165, 1.54) is 98.5 Å². The molecule has 0 amide bonds. The highest BCUT2D eigenvalue weighted by molar-refractivity contribution is 7.91. The summed E-state index contributed by atoms with van der Waals surface area (Å²) in [6, 6.07) is 6.55. The molecular formula is C51H87F15N10O11S5. The number of benzene rings is 2. The molecule has 1 unspecified atom stereocenters. The number of nitrogens with zero attached hydrogens (tertiary/aromatic N) is 3. The minimum atomic E-state index is -6.00. The lowest BCUT2D eigenvalue weighted by Gasteiger charge is -2.35. The molecule has 0 spiro atoms. The standard InChI is InChI=1S/C32H52F12N6O8S4.C8H12N2.C6H10F3NO2S.C5H13NO/c1-19(2)25(45-59(51,52)29(33,34)35)15-49(16-26(20(3)4)46-60(53,54)30(36,37)38)13-23-10-9-11-24(12-23)14-50(17-27(21(5)6)47-61(55,56)31(39,40)41)18-28(22(7)8)48-62(57,58)32(42,43)44;9-5-7-2-1-3-8(4-7)6-10;1-4(2)5-3-10(5)13(11,12)6(7,8)9;1-4(2)5(6)3-7/h9-12,19-22,25-28,45-48H,13-18H2,1-8H3;1-4H,5-6,9-10H2;4-5H,3H2,1-2H3;4-5,7H,3,6H2,1-2H3/t25-,26-,27-,28+;;5-,10?;5-/m1.11/s1. The van der Waals surface area contributed by atoms with Crippen LogP contribution in [0, 0.1) is 35.5 Å². The molecule has 1 aliphatic heterocycles. The first-order valence-electron chi connectivity index (χ1n) is 28.0. The Hall–Kier alpha value is -3.30. The molecule has 1 saturated heterocycles. The summed E-state index contributed by atoms with van der Waals surface area (Å²) in [5, 5.41) is 8.38. The Balaban J connectivity index is 0.00000221. The summed E-state index contributed by atoms with van der Waals surface area (Å²) < 4.78 is 321. The van der Waals surface area contributed by atoms with E-state index in [9.17, 15) is 108 Å². The van der Waals surface area contributed by atoms with Crippen molar-refractivity contribution in [2.24, 2.45) is 52.7 Å². The Morgan fingerprint density at radius 3 is 0.880 bits per heavy atom. The molecule has 21 nitrogen and oxygen atoms in total. The maximum atomic E-state index is 13.4. The van der Waals surface area contributed by atoms with Crippen LogP contribution in [0.2, 0.25) is 0 Å². The third-order valence-corrected chi connectivity index (χ3v) is 20.3. The number of nitrogens with one attached hydrogen (secondary N) is 4. The molecule has 0 saturated carbocycles. The Kier molecular flexibility index (Phi) is 34.5. The summed E-state index contributed by atoms with van der Waals surface area (Å²) in [5.41, 5.74) is -9.43. The van der Waals surface area contributed by atoms with Crippen LogP contribution in [-0.2, 0) is 76.3 Å². The van der Waals surface area contributed by atoms with Gasteiger partial charge in [-0.3, -0.25) is 9.80 Å². The fourth-order valence-electron chi connectivity index (χ4n) is 7.65. The van der Waals surface area contributed by atoms with E-state index in [1.807, 2.05) is 38.1 Å². The van der Waals surface area contributed by atoms with Gasteiger partial charge in [0.25, 0.3) is 0 Å². The third kappa shape index (κ3) is 29.2. The van der Waals surface area contributed by atoms with Crippen LogP contribution in [0.4, 0.5) is 65.9 Å². The van der Waals surface area contributed by atoms with Crippen LogP contribution in [0.1, 0.15) is 105 Å². The molecule has 41 heteroatoms. The van der Waals surface area contributed by atoms with Crippen molar-refractivity contribution in [1.82, 2.24) is 33.0 Å². The van der Waals surface area contributed by atoms with E-state index in [-0.39, 0.29) is 36.2 Å². The molecule has 7 atom stereocenters. The molecule has 0 bridgehead atoms. The maximum Gasteiger partial charge on any atom is 0.511 e. The van der Waals surface area contributed by atoms with Gasteiger partial charge in [0.05, 0.1) is 6.61 Å². The number of hydrogen-bond donors (Lipinski definition) is 8. The molecule has 0 aromatic heterocycles. The Morgan fingerprint density at radius 2 is 0.707 bits per heavy atom.